The number of urea groups is 1. The number of anilines is 1. The average molecular weight is 591 g/mol. The maximum absolute atomic E-state index is 14.3. The third kappa shape index (κ3) is 5.23. The second kappa shape index (κ2) is 10.9. The summed E-state index contributed by atoms with van der Waals surface area (Å²) in [4.78, 5) is 59.5. The molecule has 0 spiro atoms. The van der Waals surface area contributed by atoms with Crippen LogP contribution >= 0.6 is 23.2 Å². The van der Waals surface area contributed by atoms with Gasteiger partial charge in [0.05, 0.1) is 23.8 Å². The molecule has 0 unspecified atom stereocenters. The van der Waals surface area contributed by atoms with Crippen molar-refractivity contribution in [1.82, 2.24) is 20.4 Å². The number of aliphatic imine (C=N–C) groups is 1. The molecule has 41 heavy (non-hydrogen) atoms. The molecule has 6 rings (SSSR count). The minimum Gasteiger partial charge on any atom is -0.353 e. The van der Waals surface area contributed by atoms with Crippen LogP contribution in [0.25, 0.3) is 0 Å². The fourth-order valence-corrected chi connectivity index (χ4v) is 5.51. The number of carbonyl (C=O) groups is 4. The Hall–Kier alpha value is -4.41. The van der Waals surface area contributed by atoms with Gasteiger partial charge in [0.2, 0.25) is 11.8 Å². The lowest BCUT2D eigenvalue weighted by Gasteiger charge is -2.35. The fourth-order valence-electron chi connectivity index (χ4n) is 5.26. The van der Waals surface area contributed by atoms with Gasteiger partial charge in [0.25, 0.3) is 5.91 Å². The highest BCUT2D eigenvalue weighted by atomic mass is 35.5. The van der Waals surface area contributed by atoms with Gasteiger partial charge in [0.15, 0.2) is 0 Å². The number of nitrogens with one attached hydrogen (secondary N) is 3. The summed E-state index contributed by atoms with van der Waals surface area (Å²) in [5.41, 5.74) is 2.73. The van der Waals surface area contributed by atoms with Crippen LogP contribution in [0.1, 0.15) is 39.1 Å². The van der Waals surface area contributed by atoms with Gasteiger partial charge in [-0.25, -0.2) is 4.79 Å². The van der Waals surface area contributed by atoms with Crippen LogP contribution in [0.3, 0.4) is 0 Å². The molecule has 3 N–H and O–H groups in total. The van der Waals surface area contributed by atoms with E-state index in [1.165, 1.54) is 4.90 Å². The Labute approximate surface area is 245 Å². The van der Waals surface area contributed by atoms with Gasteiger partial charge < -0.3 is 20.9 Å². The molecule has 208 valence electrons. The highest BCUT2D eigenvalue weighted by molar-refractivity contribution is 6.30. The highest BCUT2D eigenvalue weighted by Gasteiger charge is 2.44. The van der Waals surface area contributed by atoms with Crippen molar-refractivity contribution in [2.75, 3.05) is 31.5 Å². The van der Waals surface area contributed by atoms with Crippen molar-refractivity contribution in [1.29, 1.82) is 0 Å². The number of amidine groups is 1. The first kappa shape index (κ1) is 26.8. The number of carbonyl (C=O) groups excluding carboxylic acids is 4. The number of piperazine rings is 1. The molecule has 12 heteroatoms. The van der Waals surface area contributed by atoms with Gasteiger partial charge in [-0.2, -0.15) is 0 Å². The Bertz CT molecular complexity index is 1590. The molecule has 5 amide bonds. The van der Waals surface area contributed by atoms with Crippen LogP contribution in [0.5, 0.6) is 0 Å². The van der Waals surface area contributed by atoms with E-state index in [0.29, 0.717) is 45.8 Å². The van der Waals surface area contributed by atoms with Crippen molar-refractivity contribution in [3.63, 3.8) is 0 Å². The molecule has 0 bridgehead atoms. The van der Waals surface area contributed by atoms with Gasteiger partial charge in [-0.15, -0.1) is 0 Å². The number of hydrogen-bond acceptors (Lipinski definition) is 5. The van der Waals surface area contributed by atoms with E-state index in [4.69, 9.17) is 28.2 Å². The van der Waals surface area contributed by atoms with E-state index >= 15 is 0 Å². The van der Waals surface area contributed by atoms with E-state index in [1.54, 1.807) is 47.4 Å². The van der Waals surface area contributed by atoms with Gasteiger partial charge >= 0.3 is 6.03 Å². The Morgan fingerprint density at radius 1 is 0.854 bits per heavy atom. The molecule has 1 fully saturated rings. The lowest BCUT2D eigenvalue weighted by molar-refractivity contribution is -0.123. The molecule has 3 aromatic rings. The van der Waals surface area contributed by atoms with Crippen molar-refractivity contribution in [2.45, 2.75) is 12.1 Å². The number of halogens is 2. The number of nitrogens with zero attached hydrogens (tertiary/aromatic N) is 3. The molecule has 0 aliphatic carbocycles. The zero-order chi connectivity index (χ0) is 28.7. The van der Waals surface area contributed by atoms with Crippen LogP contribution in [0.15, 0.2) is 71.7 Å². The lowest BCUT2D eigenvalue weighted by Crippen LogP contribution is -2.55. The van der Waals surface area contributed by atoms with Crippen LogP contribution in [-0.4, -0.2) is 65.6 Å². The first-order valence-electron chi connectivity index (χ1n) is 12.9. The second-order valence-electron chi connectivity index (χ2n) is 9.86. The van der Waals surface area contributed by atoms with Crippen molar-refractivity contribution in [3.05, 3.63) is 99.0 Å². The third-order valence-electron chi connectivity index (χ3n) is 7.21. The zero-order valence-corrected chi connectivity index (χ0v) is 23.1. The summed E-state index contributed by atoms with van der Waals surface area (Å²) < 4.78 is 0. The SMILES string of the molecule is O=C1CN(C(=O)N2C(c3ccc4c(c3)NC(=O)CNC4=O)=N[C@@H](c3ccc(Cl)cc3)[C@H]2c2ccc(Cl)cc2)CCN1. The summed E-state index contributed by atoms with van der Waals surface area (Å²) in [5, 5.41) is 9.18. The molecular formula is C29H24Cl2N6O4. The summed E-state index contributed by atoms with van der Waals surface area (Å²) in [6.45, 7) is 0.412. The third-order valence-corrected chi connectivity index (χ3v) is 7.71. The highest BCUT2D eigenvalue weighted by Crippen LogP contribution is 2.44. The standard InChI is InChI=1S/C29H24Cl2N6O4/c30-19-6-1-16(2-7-19)25-26(17-3-8-20(31)9-4-17)37(29(41)36-12-11-32-24(39)15-36)27(35-25)18-5-10-21-22(13-18)34-23(38)14-33-28(21)40/h1-10,13,25-26H,11-12,14-15H2,(H,32,39)(H,33,40)(H,34,38)/t25-,26+/m0/s1. The minimum absolute atomic E-state index is 0.0953. The fraction of sp³-hybridized carbons (Fsp3) is 0.207. The number of fused-ring (bicyclic) bond motifs is 1. The maximum atomic E-state index is 14.3. The van der Waals surface area contributed by atoms with Gasteiger partial charge in [-0.3, -0.25) is 24.3 Å². The summed E-state index contributed by atoms with van der Waals surface area (Å²) in [5.74, 6) is -0.669. The van der Waals surface area contributed by atoms with Crippen LogP contribution < -0.4 is 16.0 Å². The number of benzene rings is 3. The number of amides is 5. The molecule has 2 atom stereocenters. The van der Waals surface area contributed by atoms with Crippen molar-refractivity contribution < 1.29 is 19.2 Å². The number of rotatable bonds is 3. The molecule has 3 heterocycles. The van der Waals surface area contributed by atoms with Crippen molar-refractivity contribution in [3.8, 4) is 0 Å². The summed E-state index contributed by atoms with van der Waals surface area (Å²) >= 11 is 12.4. The van der Waals surface area contributed by atoms with Crippen LogP contribution in [0.4, 0.5) is 10.5 Å². The summed E-state index contributed by atoms with van der Waals surface area (Å²) in [6, 6.07) is 17.8. The van der Waals surface area contributed by atoms with E-state index in [-0.39, 0.29) is 30.8 Å². The van der Waals surface area contributed by atoms with Gasteiger partial charge in [0, 0.05) is 28.7 Å². The van der Waals surface area contributed by atoms with Crippen LogP contribution in [-0.2, 0) is 9.59 Å². The van der Waals surface area contributed by atoms with Crippen LogP contribution in [0, 0.1) is 0 Å². The summed E-state index contributed by atoms with van der Waals surface area (Å²) in [6.07, 6.45) is 0. The first-order valence-corrected chi connectivity index (χ1v) is 13.7. The zero-order valence-electron chi connectivity index (χ0n) is 21.6. The van der Waals surface area contributed by atoms with Crippen molar-refractivity contribution in [2.24, 2.45) is 4.99 Å². The number of hydrogen-bond donors (Lipinski definition) is 3. The molecule has 0 saturated carbocycles. The molecule has 10 nitrogen and oxygen atoms in total. The Morgan fingerprint density at radius 3 is 2.22 bits per heavy atom. The Kier molecular flexibility index (Phi) is 7.10. The molecule has 3 aliphatic heterocycles. The largest absolute Gasteiger partial charge is 0.353 e. The van der Waals surface area contributed by atoms with E-state index in [2.05, 4.69) is 16.0 Å². The summed E-state index contributed by atoms with van der Waals surface area (Å²) in [7, 11) is 0. The topological polar surface area (TPSA) is 123 Å². The molecule has 0 aromatic heterocycles. The Balaban J connectivity index is 1.52. The van der Waals surface area contributed by atoms with Crippen LogP contribution in [0.2, 0.25) is 10.0 Å². The minimum atomic E-state index is -0.599. The molecular weight excluding hydrogens is 567 g/mol. The molecule has 3 aromatic carbocycles. The molecule has 0 radical (unpaired) electrons. The monoisotopic (exact) mass is 590 g/mol. The molecule has 3 aliphatic rings. The van der Waals surface area contributed by atoms with E-state index in [0.717, 1.165) is 11.1 Å². The quantitative estimate of drug-likeness (QED) is 0.429. The predicted octanol–water partition coefficient (Wildman–Crippen LogP) is 3.77. The lowest BCUT2D eigenvalue weighted by atomic mass is 9.93. The Morgan fingerprint density at radius 2 is 1.54 bits per heavy atom. The van der Waals surface area contributed by atoms with Gasteiger partial charge in [0.1, 0.15) is 18.4 Å². The second-order valence-corrected chi connectivity index (χ2v) is 10.7. The predicted molar refractivity (Wildman–Crippen MR) is 154 cm³/mol. The normalized spacial score (nSPS) is 20.4. The molecule has 1 saturated heterocycles. The van der Waals surface area contributed by atoms with Gasteiger partial charge in [-0.1, -0.05) is 53.5 Å². The smallest absolute Gasteiger partial charge is 0.326 e. The first-order chi connectivity index (χ1) is 19.8. The van der Waals surface area contributed by atoms with Crippen molar-refractivity contribution >= 4 is 58.5 Å². The van der Waals surface area contributed by atoms with Gasteiger partial charge in [-0.05, 0) is 47.5 Å². The average Bonchev–Trinajstić information content (AvgIpc) is 3.30. The van der Waals surface area contributed by atoms with E-state index in [9.17, 15) is 19.2 Å². The maximum Gasteiger partial charge on any atom is 0.326 e. The van der Waals surface area contributed by atoms with E-state index < -0.39 is 18.1 Å². The van der Waals surface area contributed by atoms with E-state index in [1.807, 2.05) is 24.3 Å².